The molecule has 0 bridgehead atoms. The van der Waals surface area contributed by atoms with Crippen molar-refractivity contribution in [3.8, 4) is 0 Å². The van der Waals surface area contributed by atoms with Crippen LogP contribution in [0.4, 0.5) is 11.4 Å². The Bertz CT molecular complexity index is 861. The summed E-state index contributed by atoms with van der Waals surface area (Å²) in [6.07, 6.45) is 2.01. The molecular weight excluding hydrogens is 370 g/mol. The minimum Gasteiger partial charge on any atom is -0.368 e. The number of rotatable bonds is 4. The summed E-state index contributed by atoms with van der Waals surface area (Å²) in [5.41, 5.74) is 4.91. The molecule has 1 amide bonds. The fourth-order valence-corrected chi connectivity index (χ4v) is 4.75. The molecule has 1 unspecified atom stereocenters. The molecule has 4 rings (SSSR count). The molecule has 0 aromatic heterocycles. The van der Waals surface area contributed by atoms with Crippen LogP contribution < -0.4 is 9.80 Å². The maximum atomic E-state index is 11.7. The predicted octanol–water partition coefficient (Wildman–Crippen LogP) is 4.00. The number of fused-ring (bicyclic) bond motifs is 1. The number of anilines is 2. The molecule has 148 valence electrons. The third kappa shape index (κ3) is 3.89. The van der Waals surface area contributed by atoms with Gasteiger partial charge in [0.15, 0.2) is 0 Å². The Kier molecular flexibility index (Phi) is 5.61. The fourth-order valence-electron chi connectivity index (χ4n) is 4.49. The Labute approximate surface area is 172 Å². The summed E-state index contributed by atoms with van der Waals surface area (Å²) in [5.74, 6) is 0.135. The highest BCUT2D eigenvalue weighted by molar-refractivity contribution is 6.33. The maximum Gasteiger partial charge on any atom is 0.223 e. The number of carbonyl (C=O) groups excluding carboxylic acids is 1. The summed E-state index contributed by atoms with van der Waals surface area (Å²) in [7, 11) is 0. The maximum absolute atomic E-state index is 11.7. The smallest absolute Gasteiger partial charge is 0.223 e. The van der Waals surface area contributed by atoms with Crippen LogP contribution in [0.2, 0.25) is 5.02 Å². The molecule has 2 heterocycles. The normalized spacial score (nSPS) is 18.2. The Hall–Kier alpha value is -2.04. The van der Waals surface area contributed by atoms with Gasteiger partial charge in [-0.25, -0.2) is 0 Å². The largest absolute Gasteiger partial charge is 0.368 e. The summed E-state index contributed by atoms with van der Waals surface area (Å²) >= 11 is 6.36. The molecule has 1 saturated heterocycles. The van der Waals surface area contributed by atoms with Crippen molar-refractivity contribution in [3.05, 3.63) is 58.6 Å². The van der Waals surface area contributed by atoms with E-state index >= 15 is 0 Å². The lowest BCUT2D eigenvalue weighted by Crippen LogP contribution is -2.50. The highest BCUT2D eigenvalue weighted by atomic mass is 35.5. The molecule has 2 aliphatic heterocycles. The number of nitrogens with zero attached hydrogens (tertiary/aromatic N) is 3. The average Bonchev–Trinajstić information content (AvgIpc) is 3.12. The van der Waals surface area contributed by atoms with Crippen molar-refractivity contribution in [2.45, 2.75) is 32.7 Å². The summed E-state index contributed by atoms with van der Waals surface area (Å²) in [6.45, 7) is 8.89. The Morgan fingerprint density at radius 1 is 1.04 bits per heavy atom. The van der Waals surface area contributed by atoms with Gasteiger partial charge in [0.05, 0.1) is 10.7 Å². The van der Waals surface area contributed by atoms with E-state index in [-0.39, 0.29) is 5.91 Å². The second-order valence-corrected chi connectivity index (χ2v) is 8.32. The number of piperazine rings is 1. The van der Waals surface area contributed by atoms with Crippen molar-refractivity contribution in [1.82, 2.24) is 4.90 Å². The van der Waals surface area contributed by atoms with Crippen molar-refractivity contribution in [3.63, 3.8) is 0 Å². The van der Waals surface area contributed by atoms with Crippen molar-refractivity contribution in [2.75, 3.05) is 42.5 Å². The van der Waals surface area contributed by atoms with E-state index in [1.54, 1.807) is 6.92 Å². The van der Waals surface area contributed by atoms with Crippen LogP contribution in [-0.2, 0) is 17.6 Å². The molecule has 28 heavy (non-hydrogen) atoms. The highest BCUT2D eigenvalue weighted by Gasteiger charge is 2.25. The van der Waals surface area contributed by atoms with Crippen LogP contribution in [-0.4, -0.2) is 49.6 Å². The summed E-state index contributed by atoms with van der Waals surface area (Å²) in [6, 6.07) is 15.2. The lowest BCUT2D eigenvalue weighted by molar-refractivity contribution is -0.116. The molecule has 1 fully saturated rings. The Morgan fingerprint density at radius 3 is 2.50 bits per heavy atom. The standard InChI is InChI=1S/C23H28ClN3O/c1-17(15-19-7-8-22-20(16-19)9-10-27(22)18(2)28)25-11-13-26(14-12-25)23-6-4-3-5-21(23)24/h3-8,16-17H,9-15H2,1-2H3. The molecule has 0 radical (unpaired) electrons. The average molecular weight is 398 g/mol. The monoisotopic (exact) mass is 397 g/mol. The SMILES string of the molecule is CC(=O)N1CCc2cc(CC(C)N3CCN(c4ccccc4Cl)CC3)ccc21. The molecule has 0 spiro atoms. The molecule has 5 heteroatoms. The Balaban J connectivity index is 1.36. The third-order valence-corrected chi connectivity index (χ3v) is 6.40. The number of carbonyl (C=O) groups is 1. The van der Waals surface area contributed by atoms with Gasteiger partial charge in [-0.05, 0) is 49.1 Å². The van der Waals surface area contributed by atoms with Gasteiger partial charge in [-0.2, -0.15) is 0 Å². The predicted molar refractivity (Wildman–Crippen MR) is 117 cm³/mol. The molecule has 2 aromatic carbocycles. The van der Waals surface area contributed by atoms with Gasteiger partial charge in [-0.1, -0.05) is 35.9 Å². The number of hydrogen-bond donors (Lipinski definition) is 0. The van der Waals surface area contributed by atoms with Gasteiger partial charge in [-0.15, -0.1) is 0 Å². The van der Waals surface area contributed by atoms with E-state index in [9.17, 15) is 4.79 Å². The van der Waals surface area contributed by atoms with Gasteiger partial charge in [0.25, 0.3) is 0 Å². The third-order valence-electron chi connectivity index (χ3n) is 6.08. The molecule has 0 N–H and O–H groups in total. The molecular formula is C23H28ClN3O. The first kappa shape index (κ1) is 19.3. The number of amides is 1. The van der Waals surface area contributed by atoms with Crippen LogP contribution in [0.3, 0.4) is 0 Å². The minimum atomic E-state index is 0.135. The van der Waals surface area contributed by atoms with Crippen LogP contribution in [0.15, 0.2) is 42.5 Å². The minimum absolute atomic E-state index is 0.135. The molecule has 4 nitrogen and oxygen atoms in total. The number of hydrogen-bond acceptors (Lipinski definition) is 3. The van der Waals surface area contributed by atoms with Gasteiger partial charge >= 0.3 is 0 Å². The first-order valence-corrected chi connectivity index (χ1v) is 10.5. The number of halogens is 1. The molecule has 0 saturated carbocycles. The first-order valence-electron chi connectivity index (χ1n) is 10.2. The summed E-state index contributed by atoms with van der Waals surface area (Å²) in [5, 5.41) is 0.835. The highest BCUT2D eigenvalue weighted by Crippen LogP contribution is 2.30. The van der Waals surface area contributed by atoms with Gasteiger partial charge in [0.1, 0.15) is 0 Å². The lowest BCUT2D eigenvalue weighted by Gasteiger charge is -2.39. The van der Waals surface area contributed by atoms with Crippen molar-refractivity contribution in [1.29, 1.82) is 0 Å². The van der Waals surface area contributed by atoms with Crippen LogP contribution in [0, 0.1) is 0 Å². The van der Waals surface area contributed by atoms with Crippen molar-refractivity contribution < 1.29 is 4.79 Å². The summed E-state index contributed by atoms with van der Waals surface area (Å²) in [4.78, 5) is 18.6. The van der Waals surface area contributed by atoms with Crippen LogP contribution in [0.25, 0.3) is 0 Å². The van der Waals surface area contributed by atoms with Crippen LogP contribution in [0.5, 0.6) is 0 Å². The summed E-state index contributed by atoms with van der Waals surface area (Å²) < 4.78 is 0. The fraction of sp³-hybridized carbons (Fsp3) is 0.435. The van der Waals surface area contributed by atoms with Gasteiger partial charge in [-0.3, -0.25) is 9.69 Å². The zero-order valence-corrected chi connectivity index (χ0v) is 17.5. The zero-order valence-electron chi connectivity index (χ0n) is 16.7. The van der Waals surface area contributed by atoms with E-state index in [4.69, 9.17) is 11.6 Å². The van der Waals surface area contributed by atoms with E-state index in [0.29, 0.717) is 6.04 Å². The van der Waals surface area contributed by atoms with Crippen molar-refractivity contribution in [2.24, 2.45) is 0 Å². The number of para-hydroxylation sites is 1. The molecule has 2 aliphatic rings. The second-order valence-electron chi connectivity index (χ2n) is 7.91. The van der Waals surface area contributed by atoms with E-state index in [1.165, 1.54) is 11.1 Å². The van der Waals surface area contributed by atoms with Crippen molar-refractivity contribution >= 4 is 28.9 Å². The van der Waals surface area contributed by atoms with Crippen LogP contribution >= 0.6 is 11.6 Å². The molecule has 2 aromatic rings. The van der Waals surface area contributed by atoms with Gasteiger partial charge < -0.3 is 9.80 Å². The molecule has 0 aliphatic carbocycles. The van der Waals surface area contributed by atoms with E-state index in [1.807, 2.05) is 17.0 Å². The quantitative estimate of drug-likeness (QED) is 0.780. The lowest BCUT2D eigenvalue weighted by atomic mass is 10.0. The number of benzene rings is 2. The zero-order chi connectivity index (χ0) is 19.7. The topological polar surface area (TPSA) is 26.8 Å². The van der Waals surface area contributed by atoms with Gasteiger partial charge in [0.2, 0.25) is 5.91 Å². The van der Waals surface area contributed by atoms with E-state index in [0.717, 1.165) is 62.0 Å². The molecule has 1 atom stereocenters. The van der Waals surface area contributed by atoms with E-state index in [2.05, 4.69) is 47.1 Å². The van der Waals surface area contributed by atoms with E-state index < -0.39 is 0 Å². The van der Waals surface area contributed by atoms with Gasteiger partial charge in [0, 0.05) is 51.4 Å². The second kappa shape index (κ2) is 8.14. The first-order chi connectivity index (χ1) is 13.5. The Morgan fingerprint density at radius 2 is 1.79 bits per heavy atom. The van der Waals surface area contributed by atoms with Crippen LogP contribution in [0.1, 0.15) is 25.0 Å².